The van der Waals surface area contributed by atoms with Crippen LogP contribution < -0.4 is 5.73 Å². The quantitative estimate of drug-likeness (QED) is 0.912. The first-order chi connectivity index (χ1) is 9.64. The fraction of sp³-hybridized carbons (Fsp3) is 0.647. The van der Waals surface area contributed by atoms with Gasteiger partial charge in [0.25, 0.3) is 0 Å². The highest BCUT2D eigenvalue weighted by molar-refractivity contribution is 9.10. The third-order valence-electron chi connectivity index (χ3n) is 5.32. The van der Waals surface area contributed by atoms with Crippen LogP contribution in [0.1, 0.15) is 49.1 Å². The van der Waals surface area contributed by atoms with Crippen LogP contribution in [0.5, 0.6) is 0 Å². The molecule has 1 saturated heterocycles. The Labute approximate surface area is 130 Å². The van der Waals surface area contributed by atoms with E-state index in [-0.39, 0.29) is 5.41 Å². The van der Waals surface area contributed by atoms with Gasteiger partial charge in [-0.1, -0.05) is 47.3 Å². The Morgan fingerprint density at radius 2 is 1.95 bits per heavy atom. The van der Waals surface area contributed by atoms with Crippen LogP contribution in [-0.2, 0) is 5.41 Å². The summed E-state index contributed by atoms with van der Waals surface area (Å²) in [7, 11) is 2.18. The maximum absolute atomic E-state index is 6.15. The van der Waals surface area contributed by atoms with Crippen molar-refractivity contribution in [1.82, 2.24) is 4.90 Å². The number of hydrogen-bond acceptors (Lipinski definition) is 2. The molecule has 0 radical (unpaired) electrons. The van der Waals surface area contributed by atoms with E-state index in [1.807, 2.05) is 0 Å². The molecule has 0 bridgehead atoms. The first kappa shape index (κ1) is 14.6. The number of halogens is 1. The molecule has 1 heterocycles. The number of likely N-dealkylation sites (tertiary alicyclic amines) is 1. The number of hydrogen-bond donors (Lipinski definition) is 1. The zero-order valence-corrected chi connectivity index (χ0v) is 14.0. The van der Waals surface area contributed by atoms with Gasteiger partial charge in [-0.25, -0.2) is 0 Å². The minimum absolute atomic E-state index is 0.232. The van der Waals surface area contributed by atoms with Crippen molar-refractivity contribution in [2.24, 2.45) is 5.73 Å². The van der Waals surface area contributed by atoms with Gasteiger partial charge in [0.15, 0.2) is 0 Å². The topological polar surface area (TPSA) is 29.3 Å². The van der Waals surface area contributed by atoms with E-state index in [0.717, 1.165) is 6.54 Å². The molecule has 0 amide bonds. The zero-order chi connectivity index (χ0) is 14.2. The monoisotopic (exact) mass is 336 g/mol. The predicted molar refractivity (Wildman–Crippen MR) is 88.2 cm³/mol. The molecule has 2 fully saturated rings. The molecule has 0 aromatic heterocycles. The van der Waals surface area contributed by atoms with Crippen LogP contribution in [0.2, 0.25) is 0 Å². The Morgan fingerprint density at radius 3 is 2.50 bits per heavy atom. The van der Waals surface area contributed by atoms with E-state index in [1.54, 1.807) is 0 Å². The Morgan fingerprint density at radius 1 is 1.25 bits per heavy atom. The smallest absolute Gasteiger partial charge is 0.0214 e. The van der Waals surface area contributed by atoms with E-state index in [4.69, 9.17) is 5.73 Å². The largest absolute Gasteiger partial charge is 0.330 e. The van der Waals surface area contributed by atoms with Crippen LogP contribution in [0, 0.1) is 0 Å². The molecular weight excluding hydrogens is 312 g/mol. The molecule has 3 heteroatoms. The molecule has 1 aliphatic carbocycles. The molecule has 1 aromatic carbocycles. The number of benzene rings is 1. The van der Waals surface area contributed by atoms with Crippen molar-refractivity contribution in [1.29, 1.82) is 0 Å². The van der Waals surface area contributed by atoms with Gasteiger partial charge in [-0.3, -0.25) is 0 Å². The Hall–Kier alpha value is -0.380. The molecule has 110 valence electrons. The lowest BCUT2D eigenvalue weighted by atomic mass is 9.69. The van der Waals surface area contributed by atoms with E-state index < -0.39 is 0 Å². The molecule has 2 aliphatic rings. The summed E-state index contributed by atoms with van der Waals surface area (Å²) < 4.78 is 1.28. The minimum atomic E-state index is 0.232. The lowest BCUT2D eigenvalue weighted by Gasteiger charge is -2.39. The summed E-state index contributed by atoms with van der Waals surface area (Å²) in [4.78, 5) is 2.37. The molecule has 1 aromatic rings. The first-order valence-electron chi connectivity index (χ1n) is 7.83. The maximum atomic E-state index is 6.15. The molecule has 1 aliphatic heterocycles. The van der Waals surface area contributed by atoms with Crippen molar-refractivity contribution in [3.05, 3.63) is 33.8 Å². The molecule has 0 spiro atoms. The number of likely N-dealkylation sites (N-methyl/N-ethyl adjacent to an activating group) is 1. The van der Waals surface area contributed by atoms with Crippen molar-refractivity contribution in [2.45, 2.75) is 43.4 Å². The summed E-state index contributed by atoms with van der Waals surface area (Å²) in [5.41, 5.74) is 9.30. The number of rotatable bonds is 3. The summed E-state index contributed by atoms with van der Waals surface area (Å²) in [6.07, 6.45) is 6.52. The second-order valence-electron chi connectivity index (χ2n) is 6.70. The predicted octanol–water partition coefficient (Wildman–Crippen LogP) is 3.64. The Balaban J connectivity index is 1.85. The van der Waals surface area contributed by atoms with Crippen LogP contribution in [0.4, 0.5) is 0 Å². The third-order valence-corrected chi connectivity index (χ3v) is 6.00. The van der Waals surface area contributed by atoms with Crippen LogP contribution in [0.15, 0.2) is 22.7 Å². The zero-order valence-electron chi connectivity index (χ0n) is 12.4. The van der Waals surface area contributed by atoms with Crippen molar-refractivity contribution in [3.63, 3.8) is 0 Å². The van der Waals surface area contributed by atoms with Gasteiger partial charge in [0.2, 0.25) is 0 Å². The van der Waals surface area contributed by atoms with Crippen molar-refractivity contribution < 1.29 is 0 Å². The van der Waals surface area contributed by atoms with Crippen LogP contribution in [0.25, 0.3) is 0 Å². The number of nitrogens with two attached hydrogens (primary N) is 1. The fourth-order valence-electron chi connectivity index (χ4n) is 3.92. The third kappa shape index (κ3) is 2.56. The van der Waals surface area contributed by atoms with Gasteiger partial charge >= 0.3 is 0 Å². The van der Waals surface area contributed by atoms with Crippen molar-refractivity contribution in [2.75, 3.05) is 26.7 Å². The lowest BCUT2D eigenvalue weighted by Crippen LogP contribution is -2.42. The molecule has 20 heavy (non-hydrogen) atoms. The Bertz CT molecular complexity index is 474. The van der Waals surface area contributed by atoms with E-state index in [0.29, 0.717) is 5.92 Å². The first-order valence-corrected chi connectivity index (χ1v) is 8.62. The van der Waals surface area contributed by atoms with Gasteiger partial charge in [0.1, 0.15) is 0 Å². The fourth-order valence-corrected chi connectivity index (χ4v) is 4.63. The van der Waals surface area contributed by atoms with Gasteiger partial charge in [-0.15, -0.1) is 0 Å². The average molecular weight is 337 g/mol. The molecule has 3 rings (SSSR count). The maximum Gasteiger partial charge on any atom is 0.0214 e. The summed E-state index contributed by atoms with van der Waals surface area (Å²) in [6, 6.07) is 7.03. The molecule has 1 saturated carbocycles. The second-order valence-corrected chi connectivity index (χ2v) is 7.55. The molecular formula is C17H25BrN2. The highest BCUT2D eigenvalue weighted by Crippen LogP contribution is 2.41. The summed E-state index contributed by atoms with van der Waals surface area (Å²) in [6.45, 7) is 3.14. The van der Waals surface area contributed by atoms with Gasteiger partial charge in [-0.05, 0) is 37.1 Å². The van der Waals surface area contributed by atoms with Gasteiger partial charge in [-0.2, -0.15) is 0 Å². The van der Waals surface area contributed by atoms with Gasteiger partial charge in [0.05, 0.1) is 0 Å². The highest BCUT2D eigenvalue weighted by atomic mass is 79.9. The summed E-state index contributed by atoms with van der Waals surface area (Å²) in [5, 5.41) is 0. The van der Waals surface area contributed by atoms with Crippen molar-refractivity contribution >= 4 is 15.9 Å². The normalized spacial score (nSPS) is 23.6. The molecule has 2 N–H and O–H groups in total. The molecule has 0 unspecified atom stereocenters. The SMILES string of the molecule is CN1CC(c2ccc(C3(CN)CCCCC3)cc2Br)C1. The van der Waals surface area contributed by atoms with E-state index >= 15 is 0 Å². The summed E-state index contributed by atoms with van der Waals surface area (Å²) >= 11 is 3.80. The van der Waals surface area contributed by atoms with Gasteiger partial charge in [0, 0.05) is 35.4 Å². The average Bonchev–Trinajstić information content (AvgIpc) is 2.45. The summed E-state index contributed by atoms with van der Waals surface area (Å²) in [5.74, 6) is 0.698. The molecule has 0 atom stereocenters. The minimum Gasteiger partial charge on any atom is -0.330 e. The lowest BCUT2D eigenvalue weighted by molar-refractivity contribution is 0.189. The van der Waals surface area contributed by atoms with E-state index in [9.17, 15) is 0 Å². The number of nitrogens with zero attached hydrogens (tertiary/aromatic N) is 1. The highest BCUT2D eigenvalue weighted by Gasteiger charge is 2.33. The van der Waals surface area contributed by atoms with Crippen LogP contribution in [-0.4, -0.2) is 31.6 Å². The van der Waals surface area contributed by atoms with Gasteiger partial charge < -0.3 is 10.6 Å². The van der Waals surface area contributed by atoms with Crippen LogP contribution >= 0.6 is 15.9 Å². The van der Waals surface area contributed by atoms with Crippen LogP contribution in [0.3, 0.4) is 0 Å². The molecule has 2 nitrogen and oxygen atoms in total. The van der Waals surface area contributed by atoms with E-state index in [1.165, 1.54) is 60.8 Å². The van der Waals surface area contributed by atoms with E-state index in [2.05, 4.69) is 46.1 Å². The van der Waals surface area contributed by atoms with Crippen molar-refractivity contribution in [3.8, 4) is 0 Å². The second kappa shape index (κ2) is 5.78. The standard InChI is InChI=1S/C17H25BrN2/c1-20-10-13(11-20)15-6-5-14(9-16(15)18)17(12-19)7-3-2-4-8-17/h5-6,9,13H,2-4,7-8,10-12,19H2,1H3. The Kier molecular flexibility index (Phi) is 4.21.